The van der Waals surface area contributed by atoms with Gasteiger partial charge in [-0.15, -0.1) is 0 Å². The van der Waals surface area contributed by atoms with Crippen LogP contribution in [0, 0.1) is 22.6 Å². The fraction of sp³-hybridized carbons (Fsp3) is 0.484. The second-order valence-corrected chi connectivity index (χ2v) is 12.6. The SMILES string of the molecule is CN1CCC(CN2CCN(c3ncc4ncnc(Nc5cc(C(=O)NC(=N)/C=C(\O)C(C)(C)C)ccc5F)c4n3)CC2)CC1. The van der Waals surface area contributed by atoms with E-state index in [1.54, 1.807) is 27.0 Å². The van der Waals surface area contributed by atoms with E-state index in [1.165, 1.54) is 50.5 Å². The van der Waals surface area contributed by atoms with Crippen molar-refractivity contribution in [3.8, 4) is 0 Å². The van der Waals surface area contributed by atoms with Crippen molar-refractivity contribution in [1.29, 1.82) is 5.41 Å². The average molecular weight is 605 g/mol. The molecule has 2 saturated heterocycles. The van der Waals surface area contributed by atoms with Gasteiger partial charge in [-0.25, -0.2) is 24.3 Å². The fourth-order valence-corrected chi connectivity index (χ4v) is 5.30. The summed E-state index contributed by atoms with van der Waals surface area (Å²) < 4.78 is 14.9. The molecular formula is C31H41FN10O2. The number of aromatic nitrogens is 4. The zero-order valence-corrected chi connectivity index (χ0v) is 25.8. The molecule has 2 aliphatic rings. The van der Waals surface area contributed by atoms with Gasteiger partial charge in [0.05, 0.1) is 11.9 Å². The number of amidine groups is 1. The number of likely N-dealkylation sites (tertiary alicyclic amines) is 1. The highest BCUT2D eigenvalue weighted by Crippen LogP contribution is 2.26. The molecule has 234 valence electrons. The summed E-state index contributed by atoms with van der Waals surface area (Å²) in [5, 5.41) is 23.5. The second kappa shape index (κ2) is 13.2. The molecule has 13 heteroatoms. The van der Waals surface area contributed by atoms with Crippen molar-refractivity contribution in [2.75, 3.05) is 63.1 Å². The molecule has 44 heavy (non-hydrogen) atoms. The lowest BCUT2D eigenvalue weighted by Gasteiger charge is -2.38. The van der Waals surface area contributed by atoms with E-state index in [2.05, 4.69) is 47.3 Å². The summed E-state index contributed by atoms with van der Waals surface area (Å²) in [6.45, 7) is 12.3. The fourth-order valence-electron chi connectivity index (χ4n) is 5.30. The molecule has 0 unspecified atom stereocenters. The lowest BCUT2D eigenvalue weighted by Crippen LogP contribution is -2.49. The van der Waals surface area contributed by atoms with Crippen LogP contribution in [-0.4, -0.2) is 99.4 Å². The van der Waals surface area contributed by atoms with Crippen molar-refractivity contribution in [1.82, 2.24) is 35.1 Å². The maximum Gasteiger partial charge on any atom is 0.256 e. The van der Waals surface area contributed by atoms with Crippen molar-refractivity contribution in [3.05, 3.63) is 53.9 Å². The van der Waals surface area contributed by atoms with E-state index in [0.29, 0.717) is 17.0 Å². The first-order valence-corrected chi connectivity index (χ1v) is 15.0. The van der Waals surface area contributed by atoms with Crippen molar-refractivity contribution >= 4 is 40.2 Å². The quantitative estimate of drug-likeness (QED) is 0.178. The summed E-state index contributed by atoms with van der Waals surface area (Å²) in [4.78, 5) is 37.8. The Morgan fingerprint density at radius 1 is 1.11 bits per heavy atom. The molecule has 3 aromatic rings. The van der Waals surface area contributed by atoms with Gasteiger partial charge in [-0.2, -0.15) is 0 Å². The van der Waals surface area contributed by atoms with Gasteiger partial charge in [0.1, 0.15) is 34.8 Å². The van der Waals surface area contributed by atoms with Crippen LogP contribution in [0.4, 0.5) is 21.8 Å². The maximum absolute atomic E-state index is 14.9. The number of benzene rings is 1. The zero-order valence-electron chi connectivity index (χ0n) is 25.8. The predicted molar refractivity (Wildman–Crippen MR) is 169 cm³/mol. The second-order valence-electron chi connectivity index (χ2n) is 12.6. The molecule has 2 fully saturated rings. The van der Waals surface area contributed by atoms with Crippen molar-refractivity contribution in [2.45, 2.75) is 33.6 Å². The summed E-state index contributed by atoms with van der Waals surface area (Å²) in [5.74, 6) is 0.0450. The van der Waals surface area contributed by atoms with E-state index in [0.717, 1.165) is 44.7 Å². The van der Waals surface area contributed by atoms with E-state index in [4.69, 9.17) is 10.4 Å². The molecule has 0 bridgehead atoms. The third-order valence-corrected chi connectivity index (χ3v) is 8.15. The van der Waals surface area contributed by atoms with E-state index < -0.39 is 17.1 Å². The molecule has 0 spiro atoms. The number of carbonyl (C=O) groups is 1. The molecule has 1 amide bonds. The van der Waals surface area contributed by atoms with Gasteiger partial charge in [0, 0.05) is 49.8 Å². The minimum absolute atomic E-state index is 0.0138. The molecular weight excluding hydrogens is 563 g/mol. The first-order valence-electron chi connectivity index (χ1n) is 15.0. The molecule has 5 rings (SSSR count). The number of piperidine rings is 1. The van der Waals surface area contributed by atoms with Crippen LogP contribution in [0.15, 0.2) is 42.6 Å². The maximum atomic E-state index is 14.9. The molecule has 0 saturated carbocycles. The van der Waals surface area contributed by atoms with E-state index >= 15 is 0 Å². The van der Waals surface area contributed by atoms with E-state index in [-0.39, 0.29) is 28.7 Å². The molecule has 0 radical (unpaired) electrons. The number of allylic oxidation sites excluding steroid dienone is 1. The summed E-state index contributed by atoms with van der Waals surface area (Å²) >= 11 is 0. The molecule has 12 nitrogen and oxygen atoms in total. The third-order valence-electron chi connectivity index (χ3n) is 8.15. The average Bonchev–Trinajstić information content (AvgIpc) is 2.99. The largest absolute Gasteiger partial charge is 0.512 e. The Morgan fingerprint density at radius 3 is 2.55 bits per heavy atom. The van der Waals surface area contributed by atoms with Crippen LogP contribution in [0.3, 0.4) is 0 Å². The monoisotopic (exact) mass is 604 g/mol. The Kier molecular flexibility index (Phi) is 9.35. The Hall–Kier alpha value is -4.23. The number of carbonyl (C=O) groups excluding carboxylic acids is 1. The van der Waals surface area contributed by atoms with Crippen LogP contribution in [0.1, 0.15) is 44.0 Å². The number of fused-ring (bicyclic) bond motifs is 1. The highest BCUT2D eigenvalue weighted by molar-refractivity contribution is 6.09. The van der Waals surface area contributed by atoms with Crippen molar-refractivity contribution < 1.29 is 14.3 Å². The Labute approximate surface area is 256 Å². The third kappa shape index (κ3) is 7.64. The van der Waals surface area contributed by atoms with Gasteiger partial charge in [0.15, 0.2) is 5.82 Å². The summed E-state index contributed by atoms with van der Waals surface area (Å²) in [6.07, 6.45) is 6.66. The number of hydrogen-bond donors (Lipinski definition) is 4. The van der Waals surface area contributed by atoms with Crippen LogP contribution in [0.25, 0.3) is 11.0 Å². The molecule has 0 atom stereocenters. The van der Waals surface area contributed by atoms with Gasteiger partial charge in [-0.1, -0.05) is 20.8 Å². The van der Waals surface area contributed by atoms with Crippen LogP contribution in [0.5, 0.6) is 0 Å². The minimum atomic E-state index is -0.622. The van der Waals surface area contributed by atoms with Crippen LogP contribution < -0.4 is 15.5 Å². The number of nitrogens with one attached hydrogen (secondary N) is 3. The Bertz CT molecular complexity index is 1540. The number of aliphatic hydroxyl groups is 1. The number of anilines is 3. The van der Waals surface area contributed by atoms with Gasteiger partial charge in [-0.05, 0) is 57.1 Å². The minimum Gasteiger partial charge on any atom is -0.512 e. The molecule has 0 aliphatic carbocycles. The Balaban J connectivity index is 1.27. The number of hydrogen-bond acceptors (Lipinski definition) is 11. The highest BCUT2D eigenvalue weighted by Gasteiger charge is 2.24. The molecule has 4 N–H and O–H groups in total. The van der Waals surface area contributed by atoms with Crippen molar-refractivity contribution in [2.24, 2.45) is 11.3 Å². The Morgan fingerprint density at radius 2 is 1.84 bits per heavy atom. The number of piperazine rings is 1. The van der Waals surface area contributed by atoms with Gasteiger partial charge < -0.3 is 25.5 Å². The van der Waals surface area contributed by atoms with Gasteiger partial charge in [0.25, 0.3) is 5.91 Å². The topological polar surface area (TPSA) is 146 Å². The first-order chi connectivity index (χ1) is 21.0. The van der Waals surface area contributed by atoms with Crippen LogP contribution >= 0.6 is 0 Å². The summed E-state index contributed by atoms with van der Waals surface area (Å²) in [5.41, 5.74) is 0.494. The number of halogens is 1. The van der Waals surface area contributed by atoms with Gasteiger partial charge in [0.2, 0.25) is 5.95 Å². The van der Waals surface area contributed by atoms with Gasteiger partial charge in [-0.3, -0.25) is 15.1 Å². The van der Waals surface area contributed by atoms with Crippen molar-refractivity contribution in [3.63, 3.8) is 0 Å². The smallest absolute Gasteiger partial charge is 0.256 e. The lowest BCUT2D eigenvalue weighted by molar-refractivity contribution is 0.0977. The van der Waals surface area contributed by atoms with E-state index in [9.17, 15) is 14.3 Å². The summed E-state index contributed by atoms with van der Waals surface area (Å²) in [6, 6.07) is 3.82. The van der Waals surface area contributed by atoms with E-state index in [1.807, 2.05) is 0 Å². The number of amides is 1. The molecule has 1 aromatic carbocycles. The number of aliphatic hydroxyl groups excluding tert-OH is 1. The zero-order chi connectivity index (χ0) is 31.4. The summed E-state index contributed by atoms with van der Waals surface area (Å²) in [7, 11) is 2.19. The molecule has 2 aliphatic heterocycles. The highest BCUT2D eigenvalue weighted by atomic mass is 19.1. The standard InChI is InChI=1S/C31H41FN10O2/c1-31(2,3)25(43)16-26(33)38-29(44)21-5-6-22(32)23(15-21)37-28-27-24(35-19-36-28)17-34-30(39-27)42-13-11-41(12-14-42)18-20-7-9-40(4)10-8-20/h5-6,15-17,19-20,43H,7-14,18H2,1-4H3,(H2,33,38,44)(H,35,36,37)/b25-16-. The predicted octanol–water partition coefficient (Wildman–Crippen LogP) is 3.96. The number of rotatable bonds is 7. The number of nitrogens with zero attached hydrogens (tertiary/aromatic N) is 7. The van der Waals surface area contributed by atoms with Gasteiger partial charge >= 0.3 is 0 Å². The van der Waals surface area contributed by atoms with Crippen LogP contribution in [0.2, 0.25) is 0 Å². The normalized spacial score (nSPS) is 17.6. The lowest BCUT2D eigenvalue weighted by atomic mass is 9.93. The molecule has 4 heterocycles. The van der Waals surface area contributed by atoms with Crippen LogP contribution in [-0.2, 0) is 0 Å². The molecule has 2 aromatic heterocycles. The first kappa shape index (κ1) is 31.2.